The molecule has 0 aromatic heterocycles. The number of para-hydroxylation sites is 1. The molecule has 1 aliphatic heterocycles. The fourth-order valence-electron chi connectivity index (χ4n) is 4.28. The maximum absolute atomic E-state index is 13.8. The van der Waals surface area contributed by atoms with Crippen molar-refractivity contribution >= 4 is 45.3 Å². The SMILES string of the molecule is CCN(CC)/[N+]([O-])=N/OCOC(=O)CN(C(=O)OC(C)(C)C)S(=O)(=O)c1cc(C(=O)NN2c3ccccc3CC2C)ccc1Cl. The highest BCUT2D eigenvalue weighted by molar-refractivity contribution is 7.89. The monoisotopic (exact) mass is 668 g/mol. The number of carbonyl (C=O) groups excluding carboxylic acids is 3. The third kappa shape index (κ3) is 8.88. The molecule has 1 atom stereocenters. The summed E-state index contributed by atoms with van der Waals surface area (Å²) in [6.45, 7) is 8.56. The van der Waals surface area contributed by atoms with Crippen LogP contribution in [0.1, 0.15) is 57.5 Å². The smallest absolute Gasteiger partial charge is 0.424 e. The van der Waals surface area contributed by atoms with E-state index in [1.807, 2.05) is 31.2 Å². The summed E-state index contributed by atoms with van der Waals surface area (Å²) in [5, 5.41) is 17.7. The first-order chi connectivity index (χ1) is 21.1. The van der Waals surface area contributed by atoms with Gasteiger partial charge in [0.25, 0.3) is 22.7 Å². The molecule has 3 rings (SSSR count). The zero-order valence-electron chi connectivity index (χ0n) is 25.9. The van der Waals surface area contributed by atoms with Gasteiger partial charge in [-0.2, -0.15) is 4.31 Å². The number of esters is 1. The minimum Gasteiger partial charge on any atom is -0.569 e. The molecule has 45 heavy (non-hydrogen) atoms. The number of sulfonamides is 1. The maximum Gasteiger partial charge on any atom is 0.424 e. The number of hydrogen-bond donors (Lipinski definition) is 1. The molecular weight excluding hydrogens is 632 g/mol. The van der Waals surface area contributed by atoms with Crippen molar-refractivity contribution in [2.45, 2.75) is 64.5 Å². The quantitative estimate of drug-likeness (QED) is 0.0864. The van der Waals surface area contributed by atoms with Crippen LogP contribution >= 0.6 is 11.6 Å². The molecule has 246 valence electrons. The Bertz CT molecular complexity index is 1540. The van der Waals surface area contributed by atoms with Gasteiger partial charge in [0.05, 0.1) is 34.8 Å². The summed E-state index contributed by atoms with van der Waals surface area (Å²) >= 11 is 6.26. The highest BCUT2D eigenvalue weighted by Crippen LogP contribution is 2.31. The first-order valence-corrected chi connectivity index (χ1v) is 15.8. The van der Waals surface area contributed by atoms with Crippen LogP contribution in [-0.4, -0.2) is 78.7 Å². The minimum atomic E-state index is -4.90. The molecule has 1 aliphatic rings. The molecule has 0 saturated heterocycles. The van der Waals surface area contributed by atoms with Crippen LogP contribution < -0.4 is 10.4 Å². The van der Waals surface area contributed by atoms with Gasteiger partial charge in [-0.05, 0) is 77.8 Å². The Kier molecular flexibility index (Phi) is 11.4. The molecule has 1 unspecified atom stereocenters. The van der Waals surface area contributed by atoms with E-state index >= 15 is 0 Å². The summed E-state index contributed by atoms with van der Waals surface area (Å²) in [5.41, 5.74) is 3.42. The van der Waals surface area contributed by atoms with Gasteiger partial charge in [0, 0.05) is 5.56 Å². The molecule has 0 saturated carbocycles. The van der Waals surface area contributed by atoms with Crippen molar-refractivity contribution in [3.8, 4) is 0 Å². The Morgan fingerprint density at radius 1 is 1.16 bits per heavy atom. The van der Waals surface area contributed by atoms with Crippen LogP contribution in [0.3, 0.4) is 0 Å². The molecule has 15 nitrogen and oxygen atoms in total. The number of benzene rings is 2. The highest BCUT2D eigenvalue weighted by atomic mass is 35.5. The van der Waals surface area contributed by atoms with Crippen LogP contribution in [0.5, 0.6) is 0 Å². The number of rotatable bonds is 12. The third-order valence-electron chi connectivity index (χ3n) is 6.43. The summed E-state index contributed by atoms with van der Waals surface area (Å²) in [6, 6.07) is 11.0. The number of carbonyl (C=O) groups is 3. The van der Waals surface area contributed by atoms with Gasteiger partial charge in [0.15, 0.2) is 0 Å². The molecule has 0 aliphatic carbocycles. The van der Waals surface area contributed by atoms with Crippen molar-refractivity contribution in [1.29, 1.82) is 0 Å². The van der Waals surface area contributed by atoms with Gasteiger partial charge in [0.2, 0.25) is 5.28 Å². The van der Waals surface area contributed by atoms with Gasteiger partial charge in [-0.1, -0.05) is 29.8 Å². The summed E-state index contributed by atoms with van der Waals surface area (Å²) < 4.78 is 37.8. The largest absolute Gasteiger partial charge is 0.569 e. The Morgan fingerprint density at radius 3 is 2.47 bits per heavy atom. The Morgan fingerprint density at radius 2 is 1.82 bits per heavy atom. The lowest BCUT2D eigenvalue weighted by atomic mass is 10.1. The number of halogens is 1. The second-order valence-electron chi connectivity index (χ2n) is 10.9. The maximum atomic E-state index is 13.8. The van der Waals surface area contributed by atoms with Crippen LogP contribution in [0.2, 0.25) is 5.02 Å². The van der Waals surface area contributed by atoms with Crippen LogP contribution in [0.4, 0.5) is 10.5 Å². The number of anilines is 1. The van der Waals surface area contributed by atoms with E-state index in [2.05, 4.69) is 15.5 Å². The van der Waals surface area contributed by atoms with E-state index in [0.29, 0.717) is 19.5 Å². The van der Waals surface area contributed by atoms with Crippen LogP contribution in [0.15, 0.2) is 52.6 Å². The second-order valence-corrected chi connectivity index (χ2v) is 13.1. The van der Waals surface area contributed by atoms with Gasteiger partial charge in [-0.3, -0.25) is 15.2 Å². The minimum absolute atomic E-state index is 0.0683. The Labute approximate surface area is 266 Å². The zero-order chi connectivity index (χ0) is 33.5. The molecule has 0 radical (unpaired) electrons. The van der Waals surface area contributed by atoms with E-state index in [0.717, 1.165) is 17.3 Å². The topological polar surface area (TPSA) is 173 Å². The van der Waals surface area contributed by atoms with Crippen molar-refractivity contribution in [2.75, 3.05) is 31.4 Å². The number of hydrogen-bond acceptors (Lipinski definition) is 11. The summed E-state index contributed by atoms with van der Waals surface area (Å²) in [5.74, 6) is -1.86. The lowest BCUT2D eigenvalue weighted by molar-refractivity contribution is -0.710. The number of ether oxygens (including phenoxy) is 2. The summed E-state index contributed by atoms with van der Waals surface area (Å²) in [7, 11) is -4.90. The summed E-state index contributed by atoms with van der Waals surface area (Å²) in [4.78, 5) is 43.2. The third-order valence-corrected chi connectivity index (χ3v) is 8.63. The van der Waals surface area contributed by atoms with E-state index in [-0.39, 0.29) is 25.9 Å². The molecule has 0 spiro atoms. The lowest BCUT2D eigenvalue weighted by Crippen LogP contribution is -2.46. The van der Waals surface area contributed by atoms with Gasteiger partial charge >= 0.3 is 12.1 Å². The fraction of sp³-hybridized carbons (Fsp3) is 0.464. The van der Waals surface area contributed by atoms with E-state index < -0.39 is 51.8 Å². The van der Waals surface area contributed by atoms with Gasteiger partial charge in [0.1, 0.15) is 17.0 Å². The molecule has 2 amide bonds. The Hall–Kier alpha value is -4.31. The van der Waals surface area contributed by atoms with Gasteiger partial charge in [-0.15, -0.1) is 5.01 Å². The van der Waals surface area contributed by atoms with Gasteiger partial charge < -0.3 is 19.5 Å². The Balaban J connectivity index is 1.84. The van der Waals surface area contributed by atoms with E-state index in [9.17, 15) is 28.0 Å². The van der Waals surface area contributed by atoms with Crippen molar-refractivity contribution < 1.29 is 42.1 Å². The van der Waals surface area contributed by atoms with Crippen LogP contribution in [0, 0.1) is 5.21 Å². The average Bonchev–Trinajstić information content (AvgIpc) is 3.28. The zero-order valence-corrected chi connectivity index (χ0v) is 27.4. The van der Waals surface area contributed by atoms with Crippen molar-refractivity contribution in [2.24, 2.45) is 5.28 Å². The first kappa shape index (κ1) is 35.2. The molecule has 2 aromatic rings. The van der Waals surface area contributed by atoms with E-state index in [4.69, 9.17) is 21.1 Å². The van der Waals surface area contributed by atoms with Gasteiger partial charge in [-0.25, -0.2) is 18.0 Å². The van der Waals surface area contributed by atoms with E-state index in [1.165, 1.54) is 37.9 Å². The van der Waals surface area contributed by atoms with Crippen molar-refractivity contribution in [1.82, 2.24) is 14.7 Å². The fourth-order valence-corrected chi connectivity index (χ4v) is 6.02. The first-order valence-electron chi connectivity index (χ1n) is 14.0. The number of hydrazine groups is 2. The summed E-state index contributed by atoms with van der Waals surface area (Å²) in [6.07, 6.45) is -0.701. The molecule has 0 bridgehead atoms. The second kappa shape index (κ2) is 14.6. The number of nitrogens with zero attached hydrogens (tertiary/aromatic N) is 5. The standard InChI is InChI=1S/C28H37ClN6O9S/c1-7-32(8-2)35(39)31-43-18-42-25(36)17-33(27(38)44-28(4,5)6)45(40,41)24-16-21(13-14-22(24)29)26(37)30-34-19(3)15-20-11-9-10-12-23(20)34/h9-14,16,19H,7-8,15,17-18H2,1-6H3,(H,30,37)/b35-31-. The highest BCUT2D eigenvalue weighted by Gasteiger charge is 2.37. The van der Waals surface area contributed by atoms with Crippen LogP contribution in [-0.2, 0) is 35.5 Å². The van der Waals surface area contributed by atoms with Crippen molar-refractivity contribution in [3.05, 3.63) is 63.8 Å². The molecule has 2 aromatic carbocycles. The molecule has 17 heteroatoms. The predicted molar refractivity (Wildman–Crippen MR) is 162 cm³/mol. The normalized spacial score (nSPS) is 14.8. The van der Waals surface area contributed by atoms with Crippen molar-refractivity contribution in [3.63, 3.8) is 0 Å². The molecular formula is C28H37ClN6O9S. The predicted octanol–water partition coefficient (Wildman–Crippen LogP) is 4.01. The molecule has 1 N–H and O–H groups in total. The number of fused-ring (bicyclic) bond motifs is 1. The molecule has 0 fully saturated rings. The average molecular weight is 669 g/mol. The van der Waals surface area contributed by atoms with E-state index in [1.54, 1.807) is 18.9 Å². The number of amides is 2. The molecule has 1 heterocycles. The van der Waals surface area contributed by atoms with Crippen LogP contribution in [0.25, 0.3) is 0 Å². The number of nitrogens with one attached hydrogen (secondary N) is 1. The lowest BCUT2D eigenvalue weighted by Gasteiger charge is -2.27.